The number of aryl methyl sites for hydroxylation is 1. The average molecular weight is 280 g/mol. The number of amidine groups is 1. The summed E-state index contributed by atoms with van der Waals surface area (Å²) >= 11 is 0. The van der Waals surface area contributed by atoms with Crippen molar-refractivity contribution in [1.82, 2.24) is 9.47 Å². The van der Waals surface area contributed by atoms with Gasteiger partial charge in [-0.2, -0.15) is 0 Å². The second kappa shape index (κ2) is 4.22. The fourth-order valence-electron chi connectivity index (χ4n) is 2.88. The Kier molecular flexibility index (Phi) is 2.45. The first-order chi connectivity index (χ1) is 10.2. The van der Waals surface area contributed by atoms with Gasteiger partial charge < -0.3 is 14.2 Å². The molecule has 5 nitrogen and oxygen atoms in total. The van der Waals surface area contributed by atoms with Crippen molar-refractivity contribution in [3.63, 3.8) is 0 Å². The van der Waals surface area contributed by atoms with Crippen molar-refractivity contribution in [2.24, 2.45) is 17.0 Å². The van der Waals surface area contributed by atoms with Gasteiger partial charge in [0.1, 0.15) is 12.4 Å². The number of fused-ring (bicyclic) bond motifs is 2. The number of hydrogen-bond donors (Lipinski definition) is 0. The molecule has 0 saturated carbocycles. The van der Waals surface area contributed by atoms with E-state index in [0.29, 0.717) is 6.67 Å². The number of benzene rings is 1. The molecule has 0 saturated heterocycles. The molecule has 0 atom stereocenters. The van der Waals surface area contributed by atoms with E-state index in [1.165, 1.54) is 5.52 Å². The van der Waals surface area contributed by atoms with E-state index >= 15 is 0 Å². The van der Waals surface area contributed by atoms with Gasteiger partial charge in [-0.1, -0.05) is 0 Å². The molecule has 1 aromatic heterocycles. The monoisotopic (exact) mass is 280 g/mol. The molecule has 0 radical (unpaired) electrons. The van der Waals surface area contributed by atoms with Crippen molar-refractivity contribution in [3.8, 4) is 5.75 Å². The third-order valence-corrected chi connectivity index (χ3v) is 4.05. The van der Waals surface area contributed by atoms with Gasteiger partial charge in [0.15, 0.2) is 5.84 Å². The molecule has 0 bridgehead atoms. The first kappa shape index (κ1) is 12.2. The SMILES string of the molecule is COc1ccc2c(c1)c(C1=NC3=NCN(C)C3=C1)cn2C. The van der Waals surface area contributed by atoms with E-state index in [-0.39, 0.29) is 0 Å². The minimum atomic E-state index is 0.696. The maximum atomic E-state index is 5.34. The molecule has 106 valence electrons. The Morgan fingerprint density at radius 2 is 2.10 bits per heavy atom. The molecule has 4 rings (SSSR count). The highest BCUT2D eigenvalue weighted by molar-refractivity contribution is 6.27. The zero-order valence-corrected chi connectivity index (χ0v) is 12.3. The topological polar surface area (TPSA) is 42.1 Å². The molecule has 0 spiro atoms. The number of allylic oxidation sites excluding steroid dienone is 1. The maximum absolute atomic E-state index is 5.34. The minimum absolute atomic E-state index is 0.696. The highest BCUT2D eigenvalue weighted by Crippen LogP contribution is 2.29. The van der Waals surface area contributed by atoms with Gasteiger partial charge in [0.25, 0.3) is 0 Å². The molecule has 0 fully saturated rings. The molecule has 2 aliphatic heterocycles. The van der Waals surface area contributed by atoms with Crippen molar-refractivity contribution in [3.05, 3.63) is 41.7 Å². The number of ether oxygens (including phenoxy) is 1. The van der Waals surface area contributed by atoms with E-state index in [1.54, 1.807) is 7.11 Å². The van der Waals surface area contributed by atoms with Crippen LogP contribution in [0.3, 0.4) is 0 Å². The summed E-state index contributed by atoms with van der Waals surface area (Å²) in [5, 5.41) is 1.15. The Morgan fingerprint density at radius 3 is 2.86 bits per heavy atom. The second-order valence-corrected chi connectivity index (χ2v) is 5.38. The van der Waals surface area contributed by atoms with Crippen molar-refractivity contribution in [2.75, 3.05) is 20.8 Å². The predicted octanol–water partition coefficient (Wildman–Crippen LogP) is 2.17. The average Bonchev–Trinajstić information content (AvgIpc) is 3.14. The fourth-order valence-corrected chi connectivity index (χ4v) is 2.88. The van der Waals surface area contributed by atoms with E-state index in [0.717, 1.165) is 33.9 Å². The number of likely N-dealkylation sites (N-methyl/N-ethyl adjacent to an activating group) is 1. The summed E-state index contributed by atoms with van der Waals surface area (Å²) in [6.45, 7) is 0.696. The lowest BCUT2D eigenvalue weighted by Crippen LogP contribution is -2.13. The smallest absolute Gasteiger partial charge is 0.173 e. The molecule has 2 aliphatic rings. The minimum Gasteiger partial charge on any atom is -0.497 e. The summed E-state index contributed by atoms with van der Waals surface area (Å²) in [5.41, 5.74) is 4.35. The third-order valence-electron chi connectivity index (χ3n) is 4.05. The Balaban J connectivity index is 1.90. The number of aliphatic imine (C=N–C) groups is 2. The van der Waals surface area contributed by atoms with Crippen LogP contribution in [0.5, 0.6) is 5.75 Å². The molecule has 0 unspecified atom stereocenters. The van der Waals surface area contributed by atoms with Crippen LogP contribution in [0.25, 0.3) is 10.9 Å². The lowest BCUT2D eigenvalue weighted by Gasteiger charge is -2.08. The summed E-state index contributed by atoms with van der Waals surface area (Å²) in [6, 6.07) is 6.11. The molecule has 1 aromatic carbocycles. The van der Waals surface area contributed by atoms with E-state index in [1.807, 2.05) is 20.2 Å². The number of rotatable bonds is 2. The molecular formula is C16H16N4O. The summed E-state index contributed by atoms with van der Waals surface area (Å²) in [5.74, 6) is 1.70. The van der Waals surface area contributed by atoms with Crippen molar-refractivity contribution >= 4 is 22.5 Å². The number of nitrogens with zero attached hydrogens (tertiary/aromatic N) is 4. The Bertz CT molecular complexity index is 841. The highest BCUT2D eigenvalue weighted by atomic mass is 16.5. The maximum Gasteiger partial charge on any atom is 0.173 e. The Hall–Kier alpha value is -2.56. The summed E-state index contributed by atoms with van der Waals surface area (Å²) < 4.78 is 7.46. The quantitative estimate of drug-likeness (QED) is 0.846. The Labute approximate surface area is 122 Å². The van der Waals surface area contributed by atoms with Gasteiger partial charge in [-0.25, -0.2) is 9.98 Å². The first-order valence-electron chi connectivity index (χ1n) is 6.87. The van der Waals surface area contributed by atoms with Crippen molar-refractivity contribution < 1.29 is 4.74 Å². The third kappa shape index (κ3) is 1.70. The standard InChI is InChI=1S/C16H16N4O/c1-19-8-12(11-6-10(21-3)4-5-14(11)19)13-7-15-16(18-13)17-9-20(15)2/h4-8H,9H2,1-3H3. The van der Waals surface area contributed by atoms with Crippen LogP contribution >= 0.6 is 0 Å². The van der Waals surface area contributed by atoms with Crippen molar-refractivity contribution in [2.45, 2.75) is 0 Å². The number of methoxy groups -OCH3 is 1. The van der Waals surface area contributed by atoms with E-state index in [4.69, 9.17) is 4.74 Å². The summed E-state index contributed by atoms with van der Waals surface area (Å²) in [4.78, 5) is 11.2. The van der Waals surface area contributed by atoms with Crippen LogP contribution in [0, 0.1) is 0 Å². The van der Waals surface area contributed by atoms with Gasteiger partial charge in [0.2, 0.25) is 0 Å². The normalized spacial score (nSPS) is 16.9. The molecular weight excluding hydrogens is 264 g/mol. The van der Waals surface area contributed by atoms with Gasteiger partial charge in [-0.15, -0.1) is 0 Å². The van der Waals surface area contributed by atoms with Crippen LogP contribution in [-0.2, 0) is 7.05 Å². The van der Waals surface area contributed by atoms with Gasteiger partial charge in [0, 0.05) is 36.8 Å². The summed E-state index contributed by atoms with van der Waals surface area (Å²) in [6.07, 6.45) is 4.22. The second-order valence-electron chi connectivity index (χ2n) is 5.38. The lowest BCUT2D eigenvalue weighted by molar-refractivity contribution is 0.415. The molecule has 2 aromatic rings. The molecule has 0 aliphatic carbocycles. The van der Waals surface area contributed by atoms with E-state index < -0.39 is 0 Å². The fraction of sp³-hybridized carbons (Fsp3) is 0.250. The van der Waals surface area contributed by atoms with Gasteiger partial charge in [-0.3, -0.25) is 0 Å². The molecule has 0 amide bonds. The largest absolute Gasteiger partial charge is 0.497 e. The van der Waals surface area contributed by atoms with Crippen LogP contribution in [0.15, 0.2) is 46.2 Å². The van der Waals surface area contributed by atoms with E-state index in [9.17, 15) is 0 Å². The predicted molar refractivity (Wildman–Crippen MR) is 84.2 cm³/mol. The zero-order chi connectivity index (χ0) is 14.6. The van der Waals surface area contributed by atoms with Crippen molar-refractivity contribution in [1.29, 1.82) is 0 Å². The summed E-state index contributed by atoms with van der Waals surface area (Å²) in [7, 11) is 5.77. The van der Waals surface area contributed by atoms with Crippen LogP contribution in [0.2, 0.25) is 0 Å². The zero-order valence-electron chi connectivity index (χ0n) is 12.3. The lowest BCUT2D eigenvalue weighted by atomic mass is 10.1. The number of aromatic nitrogens is 1. The van der Waals surface area contributed by atoms with Crippen LogP contribution < -0.4 is 4.74 Å². The van der Waals surface area contributed by atoms with Crippen LogP contribution in [-0.4, -0.2) is 41.8 Å². The molecule has 5 heteroatoms. The van der Waals surface area contributed by atoms with E-state index in [2.05, 4.69) is 43.9 Å². The molecule has 3 heterocycles. The Morgan fingerprint density at radius 1 is 1.24 bits per heavy atom. The number of hydrogen-bond acceptors (Lipinski definition) is 4. The first-order valence-corrected chi connectivity index (χ1v) is 6.87. The molecule has 0 N–H and O–H groups in total. The molecule has 21 heavy (non-hydrogen) atoms. The highest BCUT2D eigenvalue weighted by Gasteiger charge is 2.25. The van der Waals surface area contributed by atoms with Gasteiger partial charge in [-0.05, 0) is 24.3 Å². The van der Waals surface area contributed by atoms with Gasteiger partial charge >= 0.3 is 0 Å². The van der Waals surface area contributed by atoms with Crippen LogP contribution in [0.4, 0.5) is 0 Å². The van der Waals surface area contributed by atoms with Crippen LogP contribution in [0.1, 0.15) is 5.56 Å². The van der Waals surface area contributed by atoms with Gasteiger partial charge in [0.05, 0.1) is 18.5 Å².